The van der Waals surface area contributed by atoms with Gasteiger partial charge in [-0.25, -0.2) is 0 Å². The van der Waals surface area contributed by atoms with Gasteiger partial charge in [-0.2, -0.15) is 18.4 Å². The van der Waals surface area contributed by atoms with Crippen molar-refractivity contribution in [2.75, 3.05) is 6.61 Å². The van der Waals surface area contributed by atoms with Gasteiger partial charge in [-0.3, -0.25) is 4.79 Å². The molecule has 19 heavy (non-hydrogen) atoms. The summed E-state index contributed by atoms with van der Waals surface area (Å²) in [5.74, 6) is -0.601. The molecule has 0 saturated carbocycles. The zero-order chi connectivity index (χ0) is 14.6. The van der Waals surface area contributed by atoms with Crippen LogP contribution in [-0.2, 0) is 22.1 Å². The number of carbonyl (C=O) groups is 1. The molecule has 0 spiro atoms. The minimum absolute atomic E-state index is 0.161. The number of nitriles is 1. The van der Waals surface area contributed by atoms with Gasteiger partial charge in [0.2, 0.25) is 0 Å². The molecule has 0 aliphatic heterocycles. The molecule has 0 bridgehead atoms. The summed E-state index contributed by atoms with van der Waals surface area (Å²) in [4.78, 5) is 11.3. The van der Waals surface area contributed by atoms with E-state index in [1.807, 2.05) is 0 Å². The van der Waals surface area contributed by atoms with E-state index in [0.29, 0.717) is 0 Å². The number of halogens is 4. The second-order valence-electron chi connectivity index (χ2n) is 3.59. The van der Waals surface area contributed by atoms with Crippen LogP contribution in [-0.4, -0.2) is 12.6 Å². The van der Waals surface area contributed by atoms with Gasteiger partial charge in [0.15, 0.2) is 0 Å². The predicted molar refractivity (Wildman–Crippen MR) is 69.2 cm³/mol. The molecule has 0 atom stereocenters. The lowest BCUT2D eigenvalue weighted by molar-refractivity contribution is -0.142. The average molecular weight is 383 g/mol. The molecule has 0 N–H and O–H groups in total. The second-order valence-corrected chi connectivity index (χ2v) is 4.75. The van der Waals surface area contributed by atoms with E-state index in [1.54, 1.807) is 29.5 Å². The van der Waals surface area contributed by atoms with Crippen molar-refractivity contribution in [1.29, 1.82) is 5.26 Å². The summed E-state index contributed by atoms with van der Waals surface area (Å²) >= 11 is 1.65. The van der Waals surface area contributed by atoms with E-state index in [4.69, 9.17) is 5.26 Å². The molecule has 0 saturated heterocycles. The molecule has 1 aromatic carbocycles. The monoisotopic (exact) mass is 383 g/mol. The number of alkyl halides is 3. The van der Waals surface area contributed by atoms with Crippen molar-refractivity contribution in [3.05, 3.63) is 32.4 Å². The van der Waals surface area contributed by atoms with Crippen LogP contribution in [0.2, 0.25) is 0 Å². The molecule has 0 heterocycles. The van der Waals surface area contributed by atoms with Crippen molar-refractivity contribution in [3.63, 3.8) is 0 Å². The van der Waals surface area contributed by atoms with Crippen LogP contribution < -0.4 is 0 Å². The Hall–Kier alpha value is -1.30. The molecular weight excluding hydrogens is 374 g/mol. The van der Waals surface area contributed by atoms with Gasteiger partial charge < -0.3 is 4.74 Å². The van der Waals surface area contributed by atoms with Gasteiger partial charge >= 0.3 is 12.1 Å². The highest BCUT2D eigenvalue weighted by molar-refractivity contribution is 14.1. The Bertz CT molecular complexity index is 535. The lowest BCUT2D eigenvalue weighted by Gasteiger charge is -2.12. The summed E-state index contributed by atoms with van der Waals surface area (Å²) in [6.07, 6.45) is -4.88. The third-order valence-electron chi connectivity index (χ3n) is 2.22. The number of carbonyl (C=O) groups excluding carboxylic acids is 1. The smallest absolute Gasteiger partial charge is 0.417 e. The van der Waals surface area contributed by atoms with E-state index in [9.17, 15) is 18.0 Å². The highest BCUT2D eigenvalue weighted by Crippen LogP contribution is 2.34. The lowest BCUT2D eigenvalue weighted by Crippen LogP contribution is -2.13. The average Bonchev–Trinajstić information content (AvgIpc) is 2.27. The summed E-state index contributed by atoms with van der Waals surface area (Å²) in [5, 5.41) is 8.77. The van der Waals surface area contributed by atoms with E-state index in [1.165, 1.54) is 12.1 Å². The van der Waals surface area contributed by atoms with Crippen molar-refractivity contribution in [3.8, 4) is 6.07 Å². The number of hydrogen-bond acceptors (Lipinski definition) is 3. The first-order valence-electron chi connectivity index (χ1n) is 5.25. The summed E-state index contributed by atoms with van der Waals surface area (Å²) < 4.78 is 43.3. The van der Waals surface area contributed by atoms with Crippen LogP contribution in [0.1, 0.15) is 23.6 Å². The maximum Gasteiger partial charge on any atom is 0.417 e. The molecule has 1 aromatic rings. The van der Waals surface area contributed by atoms with Crippen LogP contribution in [0.3, 0.4) is 0 Å². The zero-order valence-corrected chi connectivity index (χ0v) is 12.0. The van der Waals surface area contributed by atoms with Gasteiger partial charge in [0.05, 0.1) is 24.2 Å². The molecular formula is C12H9F3INO2. The minimum atomic E-state index is -4.63. The maximum atomic E-state index is 12.8. The highest BCUT2D eigenvalue weighted by Gasteiger charge is 2.35. The standard InChI is InChI=1S/C12H9F3INO2/c1-2-19-11(18)5-7-3-9(12(13,14)15)8(6-17)10(16)4-7/h3-4H,2,5H2,1H3. The molecule has 0 fully saturated rings. The minimum Gasteiger partial charge on any atom is -0.466 e. The third kappa shape index (κ3) is 4.09. The van der Waals surface area contributed by atoms with Crippen LogP contribution in [0.5, 0.6) is 0 Å². The first kappa shape index (κ1) is 15.8. The summed E-state index contributed by atoms with van der Waals surface area (Å²) in [6, 6.07) is 3.73. The number of nitrogens with zero attached hydrogens (tertiary/aromatic N) is 1. The van der Waals surface area contributed by atoms with Crippen molar-refractivity contribution in [1.82, 2.24) is 0 Å². The first-order chi connectivity index (χ1) is 8.79. The zero-order valence-electron chi connectivity index (χ0n) is 9.84. The quantitative estimate of drug-likeness (QED) is 0.595. The molecule has 102 valence electrons. The topological polar surface area (TPSA) is 50.1 Å². The number of esters is 1. The van der Waals surface area contributed by atoms with Gasteiger partial charge in [-0.05, 0) is 47.2 Å². The number of hydrogen-bond donors (Lipinski definition) is 0. The van der Waals surface area contributed by atoms with Gasteiger partial charge in [0, 0.05) is 3.57 Å². The fraction of sp³-hybridized carbons (Fsp3) is 0.333. The molecule has 0 aliphatic rings. The Labute approximate surface area is 121 Å². The normalized spacial score (nSPS) is 10.9. The van der Waals surface area contributed by atoms with Crippen LogP contribution in [0.4, 0.5) is 13.2 Å². The predicted octanol–water partition coefficient (Wildman–Crippen LogP) is 3.29. The molecule has 1 rings (SSSR count). The second kappa shape index (κ2) is 6.23. The largest absolute Gasteiger partial charge is 0.466 e. The van der Waals surface area contributed by atoms with Gasteiger partial charge in [-0.1, -0.05) is 0 Å². The molecule has 0 amide bonds. The van der Waals surface area contributed by atoms with Gasteiger partial charge in [0.25, 0.3) is 0 Å². The Balaban J connectivity index is 3.21. The molecule has 0 aromatic heterocycles. The van der Waals surface area contributed by atoms with E-state index in [-0.39, 0.29) is 22.2 Å². The van der Waals surface area contributed by atoms with Crippen LogP contribution >= 0.6 is 22.6 Å². The fourth-order valence-corrected chi connectivity index (χ4v) is 2.29. The van der Waals surface area contributed by atoms with E-state index in [0.717, 1.165) is 6.07 Å². The Morgan fingerprint density at radius 2 is 2.11 bits per heavy atom. The Kier molecular flexibility index (Phi) is 5.17. The van der Waals surface area contributed by atoms with E-state index >= 15 is 0 Å². The van der Waals surface area contributed by atoms with Crippen molar-refractivity contribution < 1.29 is 22.7 Å². The van der Waals surface area contributed by atoms with Crippen molar-refractivity contribution in [2.24, 2.45) is 0 Å². The number of rotatable bonds is 3. The van der Waals surface area contributed by atoms with E-state index < -0.39 is 23.3 Å². The maximum absolute atomic E-state index is 12.8. The molecule has 0 radical (unpaired) electrons. The van der Waals surface area contributed by atoms with Crippen molar-refractivity contribution in [2.45, 2.75) is 19.5 Å². The molecule has 0 unspecified atom stereocenters. The van der Waals surface area contributed by atoms with Crippen molar-refractivity contribution >= 4 is 28.6 Å². The summed E-state index contributed by atoms with van der Waals surface area (Å²) in [6.45, 7) is 1.78. The first-order valence-corrected chi connectivity index (χ1v) is 6.32. The molecule has 0 aliphatic carbocycles. The fourth-order valence-electron chi connectivity index (χ4n) is 1.48. The lowest BCUT2D eigenvalue weighted by atomic mass is 10.0. The SMILES string of the molecule is CCOC(=O)Cc1cc(I)c(C#N)c(C(F)(F)F)c1. The van der Waals surface area contributed by atoms with Crippen LogP contribution in [0, 0.1) is 14.9 Å². The number of ether oxygens (including phenoxy) is 1. The summed E-state index contributed by atoms with van der Waals surface area (Å²) in [7, 11) is 0. The molecule has 3 nitrogen and oxygen atoms in total. The van der Waals surface area contributed by atoms with Crippen LogP contribution in [0.25, 0.3) is 0 Å². The van der Waals surface area contributed by atoms with E-state index in [2.05, 4.69) is 4.74 Å². The Morgan fingerprint density at radius 1 is 1.47 bits per heavy atom. The van der Waals surface area contributed by atoms with Gasteiger partial charge in [0.1, 0.15) is 6.07 Å². The summed E-state index contributed by atoms with van der Waals surface area (Å²) in [5.41, 5.74) is -1.28. The number of benzene rings is 1. The molecule has 7 heteroatoms. The van der Waals surface area contributed by atoms with Gasteiger partial charge in [-0.15, -0.1) is 0 Å². The third-order valence-corrected chi connectivity index (χ3v) is 3.07. The highest BCUT2D eigenvalue weighted by atomic mass is 127. The van der Waals surface area contributed by atoms with Crippen LogP contribution in [0.15, 0.2) is 12.1 Å². The Morgan fingerprint density at radius 3 is 2.58 bits per heavy atom.